The molecule has 4 rings (SSSR count). The van der Waals surface area contributed by atoms with Gasteiger partial charge in [-0.25, -0.2) is 4.99 Å². The van der Waals surface area contributed by atoms with Gasteiger partial charge in [-0.05, 0) is 41.8 Å². The maximum Gasteiger partial charge on any atom is 0.283 e. The summed E-state index contributed by atoms with van der Waals surface area (Å²) in [5.41, 5.74) is 1.15. The van der Waals surface area contributed by atoms with E-state index in [1.165, 1.54) is 11.8 Å². The van der Waals surface area contributed by atoms with E-state index >= 15 is 0 Å². The van der Waals surface area contributed by atoms with Crippen LogP contribution in [0.5, 0.6) is 11.5 Å². The summed E-state index contributed by atoms with van der Waals surface area (Å²) in [4.78, 5) is 20.4. The Bertz CT molecular complexity index is 1060. The molecule has 7 heteroatoms. The van der Waals surface area contributed by atoms with Crippen LogP contribution in [-0.4, -0.2) is 30.5 Å². The first-order valence-electron chi connectivity index (χ1n) is 9.37. The quantitative estimate of drug-likeness (QED) is 0.372. The summed E-state index contributed by atoms with van der Waals surface area (Å²) < 4.78 is 11.1. The third-order valence-corrected chi connectivity index (χ3v) is 6.01. The van der Waals surface area contributed by atoms with Gasteiger partial charge in [0, 0.05) is 16.7 Å². The Labute approximate surface area is 183 Å². The van der Waals surface area contributed by atoms with E-state index in [9.17, 15) is 4.79 Å². The Morgan fingerprint density at radius 2 is 1.90 bits per heavy atom. The molecule has 1 aliphatic rings. The summed E-state index contributed by atoms with van der Waals surface area (Å²) in [5, 5.41) is 2.61. The Kier molecular flexibility index (Phi) is 6.51. The molecule has 0 unspecified atom stereocenters. The van der Waals surface area contributed by atoms with Crippen molar-refractivity contribution in [2.75, 3.05) is 24.4 Å². The van der Waals surface area contributed by atoms with E-state index < -0.39 is 0 Å². The fourth-order valence-corrected chi connectivity index (χ4v) is 4.37. The number of thioether (sulfide) groups is 1. The van der Waals surface area contributed by atoms with E-state index in [-0.39, 0.29) is 5.91 Å². The second-order valence-corrected chi connectivity index (χ2v) is 8.33. The SMILES string of the molecule is COc1cccc(N2C(=O)/C(=C\c3cccs3)N=C2SCCOc2ccccc2)c1. The van der Waals surface area contributed by atoms with Crippen molar-refractivity contribution in [3.8, 4) is 11.5 Å². The van der Waals surface area contributed by atoms with Gasteiger partial charge >= 0.3 is 0 Å². The number of aliphatic imine (C=N–C) groups is 1. The number of hydrogen-bond donors (Lipinski definition) is 0. The van der Waals surface area contributed by atoms with Crippen molar-refractivity contribution in [3.05, 3.63) is 82.7 Å². The lowest BCUT2D eigenvalue weighted by molar-refractivity contribution is -0.113. The predicted octanol–water partition coefficient (Wildman–Crippen LogP) is 5.31. The van der Waals surface area contributed by atoms with Crippen LogP contribution in [0.4, 0.5) is 5.69 Å². The van der Waals surface area contributed by atoms with Crippen LogP contribution < -0.4 is 14.4 Å². The first kappa shape index (κ1) is 20.3. The number of anilines is 1. The van der Waals surface area contributed by atoms with Gasteiger partial charge in [-0.1, -0.05) is 42.1 Å². The first-order valence-corrected chi connectivity index (χ1v) is 11.2. The molecule has 0 spiro atoms. The lowest BCUT2D eigenvalue weighted by Gasteiger charge is -2.18. The molecule has 1 amide bonds. The van der Waals surface area contributed by atoms with Crippen molar-refractivity contribution in [1.82, 2.24) is 0 Å². The number of para-hydroxylation sites is 1. The van der Waals surface area contributed by atoms with Crippen molar-refractivity contribution >= 4 is 45.9 Å². The van der Waals surface area contributed by atoms with Crippen LogP contribution in [0, 0.1) is 0 Å². The number of rotatable bonds is 7. The minimum absolute atomic E-state index is 0.150. The number of carbonyl (C=O) groups is 1. The molecule has 2 heterocycles. The number of methoxy groups -OCH3 is 1. The standard InChI is InChI=1S/C23H20N2O3S2/c1-27-19-10-5-7-17(15-19)25-22(26)21(16-20-11-6-13-29-20)24-23(25)30-14-12-28-18-8-3-2-4-9-18/h2-11,13,15-16H,12,14H2,1H3/b21-16+. The molecule has 1 aromatic heterocycles. The fourth-order valence-electron chi connectivity index (χ4n) is 2.89. The van der Waals surface area contributed by atoms with Gasteiger partial charge in [-0.3, -0.25) is 9.69 Å². The molecule has 0 N–H and O–H groups in total. The van der Waals surface area contributed by atoms with Crippen molar-refractivity contribution < 1.29 is 14.3 Å². The monoisotopic (exact) mass is 436 g/mol. The fraction of sp³-hybridized carbons (Fsp3) is 0.130. The molecule has 0 saturated carbocycles. The van der Waals surface area contributed by atoms with E-state index in [2.05, 4.69) is 4.99 Å². The highest BCUT2D eigenvalue weighted by Crippen LogP contribution is 2.31. The van der Waals surface area contributed by atoms with Gasteiger partial charge in [0.15, 0.2) is 5.17 Å². The highest BCUT2D eigenvalue weighted by Gasteiger charge is 2.32. The van der Waals surface area contributed by atoms with Crippen molar-refractivity contribution in [1.29, 1.82) is 0 Å². The summed E-state index contributed by atoms with van der Waals surface area (Å²) in [7, 11) is 1.61. The average Bonchev–Trinajstić information content (AvgIpc) is 3.40. The normalized spacial score (nSPS) is 14.8. The first-order chi connectivity index (χ1) is 14.7. The van der Waals surface area contributed by atoms with E-state index in [1.807, 2.05) is 78.2 Å². The number of nitrogens with zero attached hydrogens (tertiary/aromatic N) is 2. The van der Waals surface area contributed by atoms with Crippen LogP contribution in [0.1, 0.15) is 4.88 Å². The van der Waals surface area contributed by atoms with E-state index in [1.54, 1.807) is 23.3 Å². The molecule has 152 valence electrons. The average molecular weight is 437 g/mol. The largest absolute Gasteiger partial charge is 0.497 e. The predicted molar refractivity (Wildman–Crippen MR) is 125 cm³/mol. The molecule has 30 heavy (non-hydrogen) atoms. The highest BCUT2D eigenvalue weighted by atomic mass is 32.2. The van der Waals surface area contributed by atoms with Crippen LogP contribution in [0.3, 0.4) is 0 Å². The van der Waals surface area contributed by atoms with Gasteiger partial charge in [-0.15, -0.1) is 11.3 Å². The van der Waals surface area contributed by atoms with Crippen LogP contribution in [-0.2, 0) is 4.79 Å². The Morgan fingerprint density at radius 3 is 2.67 bits per heavy atom. The molecule has 0 aliphatic carbocycles. The molecule has 0 bridgehead atoms. The van der Waals surface area contributed by atoms with Crippen LogP contribution in [0.25, 0.3) is 6.08 Å². The van der Waals surface area contributed by atoms with Crippen molar-refractivity contribution in [2.45, 2.75) is 0 Å². The van der Waals surface area contributed by atoms with Crippen molar-refractivity contribution in [3.63, 3.8) is 0 Å². The smallest absolute Gasteiger partial charge is 0.283 e. The molecular formula is C23H20N2O3S2. The minimum atomic E-state index is -0.150. The van der Waals surface area contributed by atoms with E-state index in [0.29, 0.717) is 29.0 Å². The Morgan fingerprint density at radius 1 is 1.07 bits per heavy atom. The van der Waals surface area contributed by atoms with Gasteiger partial charge in [0.2, 0.25) is 0 Å². The van der Waals surface area contributed by atoms with Crippen molar-refractivity contribution in [2.24, 2.45) is 4.99 Å². The number of amidine groups is 1. The summed E-state index contributed by atoms with van der Waals surface area (Å²) in [6.07, 6.45) is 1.83. The molecule has 0 atom stereocenters. The molecule has 3 aromatic rings. The van der Waals surface area contributed by atoms with Gasteiger partial charge in [0.1, 0.15) is 17.2 Å². The zero-order valence-corrected chi connectivity index (χ0v) is 18.0. The number of benzene rings is 2. The second kappa shape index (κ2) is 9.65. The molecule has 0 radical (unpaired) electrons. The lowest BCUT2D eigenvalue weighted by atomic mass is 10.2. The van der Waals surface area contributed by atoms with Gasteiger partial charge in [0.05, 0.1) is 19.4 Å². The maximum atomic E-state index is 13.2. The lowest BCUT2D eigenvalue weighted by Crippen LogP contribution is -2.30. The van der Waals surface area contributed by atoms with E-state index in [0.717, 1.165) is 16.3 Å². The number of ether oxygens (including phenoxy) is 2. The Hall–Kier alpha value is -3.03. The zero-order chi connectivity index (χ0) is 20.8. The van der Waals surface area contributed by atoms with Crippen LogP contribution >= 0.6 is 23.1 Å². The minimum Gasteiger partial charge on any atom is -0.497 e. The van der Waals surface area contributed by atoms with E-state index in [4.69, 9.17) is 9.47 Å². The zero-order valence-electron chi connectivity index (χ0n) is 16.4. The Balaban J connectivity index is 1.53. The molecule has 0 saturated heterocycles. The number of hydrogen-bond acceptors (Lipinski definition) is 6. The highest BCUT2D eigenvalue weighted by molar-refractivity contribution is 8.14. The molecule has 2 aromatic carbocycles. The van der Waals surface area contributed by atoms with Gasteiger partial charge < -0.3 is 9.47 Å². The van der Waals surface area contributed by atoms with Gasteiger partial charge in [-0.2, -0.15) is 0 Å². The maximum absolute atomic E-state index is 13.2. The summed E-state index contributed by atoms with van der Waals surface area (Å²) in [6, 6.07) is 21.0. The second-order valence-electron chi connectivity index (χ2n) is 6.29. The van der Waals surface area contributed by atoms with Crippen LogP contribution in [0.15, 0.2) is 82.8 Å². The third-order valence-electron chi connectivity index (χ3n) is 4.29. The topological polar surface area (TPSA) is 51.1 Å². The summed E-state index contributed by atoms with van der Waals surface area (Å²) in [6.45, 7) is 0.512. The molecule has 0 fully saturated rings. The number of amides is 1. The third kappa shape index (κ3) is 4.75. The molecular weight excluding hydrogens is 416 g/mol. The molecule has 5 nitrogen and oxygen atoms in total. The van der Waals surface area contributed by atoms with Crippen LogP contribution in [0.2, 0.25) is 0 Å². The summed E-state index contributed by atoms with van der Waals surface area (Å²) in [5.74, 6) is 2.02. The number of carbonyl (C=O) groups excluding carboxylic acids is 1. The number of thiophene rings is 1. The summed E-state index contributed by atoms with van der Waals surface area (Å²) >= 11 is 3.06. The van der Waals surface area contributed by atoms with Gasteiger partial charge in [0.25, 0.3) is 5.91 Å². The molecule has 1 aliphatic heterocycles.